The van der Waals surface area contributed by atoms with Crippen LogP contribution in [0.2, 0.25) is 0 Å². The van der Waals surface area contributed by atoms with E-state index in [0.717, 1.165) is 16.9 Å². The van der Waals surface area contributed by atoms with Crippen molar-refractivity contribution in [1.82, 2.24) is 4.90 Å². The van der Waals surface area contributed by atoms with Gasteiger partial charge in [-0.15, -0.1) is 0 Å². The molecule has 0 atom stereocenters. The highest BCUT2D eigenvalue weighted by molar-refractivity contribution is 5.89. The molecule has 3 rings (SSSR count). The number of hydrogen-bond acceptors (Lipinski definition) is 4. The third-order valence-corrected chi connectivity index (χ3v) is 4.26. The fourth-order valence-electron chi connectivity index (χ4n) is 2.88. The van der Waals surface area contributed by atoms with Crippen molar-refractivity contribution < 1.29 is 9.72 Å². The molecule has 0 unspecified atom stereocenters. The number of nitro benzene ring substituents is 1. The van der Waals surface area contributed by atoms with E-state index in [0.29, 0.717) is 26.2 Å². The van der Waals surface area contributed by atoms with Crippen molar-refractivity contribution in [2.24, 2.45) is 0 Å². The summed E-state index contributed by atoms with van der Waals surface area (Å²) in [4.78, 5) is 26.6. The number of benzene rings is 2. The van der Waals surface area contributed by atoms with E-state index < -0.39 is 4.92 Å². The SMILES string of the molecule is Cc1cccc(NC(=O)N2CCN(c3ccc([N+](=O)[O-])cc3)CC2)c1. The third kappa shape index (κ3) is 4.06. The van der Waals surface area contributed by atoms with Gasteiger partial charge < -0.3 is 15.1 Å². The third-order valence-electron chi connectivity index (χ3n) is 4.26. The van der Waals surface area contributed by atoms with E-state index in [2.05, 4.69) is 10.2 Å². The lowest BCUT2D eigenvalue weighted by Crippen LogP contribution is -2.50. The van der Waals surface area contributed by atoms with E-state index in [1.54, 1.807) is 17.0 Å². The number of carbonyl (C=O) groups is 1. The zero-order valence-electron chi connectivity index (χ0n) is 14.0. The molecule has 0 bridgehead atoms. The first-order chi connectivity index (χ1) is 12.0. The maximum absolute atomic E-state index is 12.4. The number of aryl methyl sites for hydroxylation is 1. The van der Waals surface area contributed by atoms with Crippen molar-refractivity contribution in [3.63, 3.8) is 0 Å². The Hall–Kier alpha value is -3.09. The van der Waals surface area contributed by atoms with Crippen molar-refractivity contribution in [1.29, 1.82) is 0 Å². The second kappa shape index (κ2) is 7.21. The summed E-state index contributed by atoms with van der Waals surface area (Å²) in [7, 11) is 0. The lowest BCUT2D eigenvalue weighted by Gasteiger charge is -2.36. The number of rotatable bonds is 3. The van der Waals surface area contributed by atoms with Crippen molar-refractivity contribution in [3.8, 4) is 0 Å². The first-order valence-electron chi connectivity index (χ1n) is 8.15. The largest absolute Gasteiger partial charge is 0.368 e. The molecule has 1 fully saturated rings. The molecule has 1 saturated heterocycles. The van der Waals surface area contributed by atoms with Crippen LogP contribution in [0.1, 0.15) is 5.56 Å². The number of anilines is 2. The first kappa shape index (κ1) is 16.8. The normalized spacial score (nSPS) is 14.3. The molecule has 0 aliphatic carbocycles. The van der Waals surface area contributed by atoms with Crippen LogP contribution in [0.5, 0.6) is 0 Å². The number of nitrogens with zero attached hydrogens (tertiary/aromatic N) is 3. The van der Waals surface area contributed by atoms with Gasteiger partial charge in [-0.05, 0) is 36.8 Å². The van der Waals surface area contributed by atoms with Crippen LogP contribution < -0.4 is 10.2 Å². The highest BCUT2D eigenvalue weighted by atomic mass is 16.6. The van der Waals surface area contributed by atoms with Gasteiger partial charge in [0, 0.05) is 49.7 Å². The maximum Gasteiger partial charge on any atom is 0.321 e. The molecule has 7 nitrogen and oxygen atoms in total. The molecule has 0 spiro atoms. The first-order valence-corrected chi connectivity index (χ1v) is 8.15. The van der Waals surface area contributed by atoms with Crippen molar-refractivity contribution in [2.45, 2.75) is 6.92 Å². The highest BCUT2D eigenvalue weighted by Crippen LogP contribution is 2.21. The summed E-state index contributed by atoms with van der Waals surface area (Å²) in [6.45, 7) is 4.58. The number of nitrogens with one attached hydrogen (secondary N) is 1. The second-order valence-corrected chi connectivity index (χ2v) is 6.05. The van der Waals surface area contributed by atoms with Gasteiger partial charge in [-0.25, -0.2) is 4.79 Å². The number of carbonyl (C=O) groups excluding carboxylic acids is 1. The minimum Gasteiger partial charge on any atom is -0.368 e. The summed E-state index contributed by atoms with van der Waals surface area (Å²) in [6.07, 6.45) is 0. The van der Waals surface area contributed by atoms with Gasteiger partial charge in [-0.1, -0.05) is 12.1 Å². The zero-order valence-corrected chi connectivity index (χ0v) is 14.0. The van der Waals surface area contributed by atoms with Gasteiger partial charge in [0.1, 0.15) is 0 Å². The lowest BCUT2D eigenvalue weighted by molar-refractivity contribution is -0.384. The zero-order chi connectivity index (χ0) is 17.8. The minimum absolute atomic E-state index is 0.0833. The summed E-state index contributed by atoms with van der Waals surface area (Å²) in [5.74, 6) is 0. The summed E-state index contributed by atoms with van der Waals surface area (Å²) >= 11 is 0. The molecule has 1 aliphatic rings. The van der Waals surface area contributed by atoms with E-state index in [-0.39, 0.29) is 11.7 Å². The summed E-state index contributed by atoms with van der Waals surface area (Å²) in [6, 6.07) is 14.1. The Morgan fingerprint density at radius 2 is 1.76 bits per heavy atom. The molecule has 2 aromatic rings. The Morgan fingerprint density at radius 1 is 1.08 bits per heavy atom. The quantitative estimate of drug-likeness (QED) is 0.687. The van der Waals surface area contributed by atoms with E-state index >= 15 is 0 Å². The molecule has 25 heavy (non-hydrogen) atoms. The number of urea groups is 1. The van der Waals surface area contributed by atoms with Gasteiger partial charge in [0.2, 0.25) is 0 Å². The van der Waals surface area contributed by atoms with E-state index in [1.165, 1.54) is 12.1 Å². The Bertz CT molecular complexity index is 768. The Labute approximate surface area is 146 Å². The summed E-state index contributed by atoms with van der Waals surface area (Å²) in [5, 5.41) is 13.6. The van der Waals surface area contributed by atoms with Gasteiger partial charge >= 0.3 is 6.03 Å². The molecular weight excluding hydrogens is 320 g/mol. The molecule has 1 heterocycles. The van der Waals surface area contributed by atoms with Crippen LogP contribution in [-0.2, 0) is 0 Å². The Balaban J connectivity index is 1.56. The lowest BCUT2D eigenvalue weighted by atomic mass is 10.2. The Morgan fingerprint density at radius 3 is 2.36 bits per heavy atom. The van der Waals surface area contributed by atoms with Gasteiger partial charge in [0.25, 0.3) is 5.69 Å². The molecule has 0 radical (unpaired) electrons. The van der Waals surface area contributed by atoms with Crippen LogP contribution in [0.25, 0.3) is 0 Å². The molecule has 1 aliphatic heterocycles. The smallest absolute Gasteiger partial charge is 0.321 e. The highest BCUT2D eigenvalue weighted by Gasteiger charge is 2.21. The Kier molecular flexibility index (Phi) is 4.83. The van der Waals surface area contributed by atoms with Crippen LogP contribution in [0, 0.1) is 17.0 Å². The molecule has 2 aromatic carbocycles. The van der Waals surface area contributed by atoms with Crippen molar-refractivity contribution >= 4 is 23.1 Å². The van der Waals surface area contributed by atoms with Crippen LogP contribution in [0.4, 0.5) is 21.9 Å². The molecule has 7 heteroatoms. The van der Waals surface area contributed by atoms with Crippen LogP contribution in [-0.4, -0.2) is 42.0 Å². The summed E-state index contributed by atoms with van der Waals surface area (Å²) < 4.78 is 0. The number of nitro groups is 1. The van der Waals surface area contributed by atoms with Crippen molar-refractivity contribution in [2.75, 3.05) is 36.4 Å². The predicted molar refractivity (Wildman–Crippen MR) is 97.1 cm³/mol. The van der Waals surface area contributed by atoms with E-state index in [4.69, 9.17) is 0 Å². The number of hydrogen-bond donors (Lipinski definition) is 1. The van der Waals surface area contributed by atoms with Gasteiger partial charge in [-0.3, -0.25) is 10.1 Å². The van der Waals surface area contributed by atoms with Gasteiger partial charge in [0.15, 0.2) is 0 Å². The standard InChI is InChI=1S/C18H20N4O3/c1-14-3-2-4-15(13-14)19-18(23)21-11-9-20(10-12-21)16-5-7-17(8-6-16)22(24)25/h2-8,13H,9-12H2,1H3,(H,19,23). The van der Waals surface area contributed by atoms with E-state index in [1.807, 2.05) is 31.2 Å². The number of piperazine rings is 1. The molecule has 0 saturated carbocycles. The van der Waals surface area contributed by atoms with Crippen LogP contribution in [0.3, 0.4) is 0 Å². The summed E-state index contributed by atoms with van der Waals surface area (Å²) in [5.41, 5.74) is 2.91. The topological polar surface area (TPSA) is 78.7 Å². The molecule has 130 valence electrons. The second-order valence-electron chi connectivity index (χ2n) is 6.05. The number of non-ortho nitro benzene ring substituents is 1. The predicted octanol–water partition coefficient (Wildman–Crippen LogP) is 3.26. The molecule has 2 amide bonds. The van der Waals surface area contributed by atoms with Gasteiger partial charge in [-0.2, -0.15) is 0 Å². The minimum atomic E-state index is -0.405. The number of amides is 2. The molecular formula is C18H20N4O3. The fourth-order valence-corrected chi connectivity index (χ4v) is 2.88. The van der Waals surface area contributed by atoms with E-state index in [9.17, 15) is 14.9 Å². The van der Waals surface area contributed by atoms with Crippen LogP contribution >= 0.6 is 0 Å². The fraction of sp³-hybridized carbons (Fsp3) is 0.278. The average molecular weight is 340 g/mol. The van der Waals surface area contributed by atoms with Gasteiger partial charge in [0.05, 0.1) is 4.92 Å². The van der Waals surface area contributed by atoms with Crippen LogP contribution in [0.15, 0.2) is 48.5 Å². The molecule has 1 N–H and O–H groups in total. The average Bonchev–Trinajstić information content (AvgIpc) is 2.62. The molecule has 0 aromatic heterocycles. The maximum atomic E-state index is 12.4. The van der Waals surface area contributed by atoms with Crippen molar-refractivity contribution in [3.05, 3.63) is 64.2 Å². The monoisotopic (exact) mass is 340 g/mol.